The maximum atomic E-state index is 5.00. The Morgan fingerprint density at radius 1 is 0.361 bits per heavy atom. The summed E-state index contributed by atoms with van der Waals surface area (Å²) in [7, 11) is 0. The van der Waals surface area contributed by atoms with Gasteiger partial charge in [0, 0.05) is 17.1 Å². The first-order valence-corrected chi connectivity index (χ1v) is 12.3. The second-order valence-corrected chi connectivity index (χ2v) is 9.13. The van der Waals surface area contributed by atoms with Crippen LogP contribution in [-0.2, 0) is 0 Å². The summed E-state index contributed by atoms with van der Waals surface area (Å²) >= 11 is 0. The standard InChI is InChI=1S/C35H23N/c1-2-12-24(13-3-1)26-17-6-7-18-28(26)33-30-19-8-9-20-31(30)34(35-32(33)22-11-23-36-35)29-21-10-15-25-14-4-5-16-27(25)29/h1-23H. The number of hydrogen-bond donors (Lipinski definition) is 0. The third-order valence-corrected chi connectivity index (χ3v) is 7.12. The van der Waals surface area contributed by atoms with Gasteiger partial charge >= 0.3 is 0 Å². The van der Waals surface area contributed by atoms with Gasteiger partial charge < -0.3 is 0 Å². The summed E-state index contributed by atoms with van der Waals surface area (Å²) in [5.74, 6) is 0. The van der Waals surface area contributed by atoms with Gasteiger partial charge in [-0.25, -0.2) is 0 Å². The van der Waals surface area contributed by atoms with Gasteiger partial charge in [0.2, 0.25) is 0 Å². The van der Waals surface area contributed by atoms with Crippen LogP contribution in [0.5, 0.6) is 0 Å². The van der Waals surface area contributed by atoms with E-state index >= 15 is 0 Å². The van der Waals surface area contributed by atoms with Crippen LogP contribution < -0.4 is 0 Å². The van der Waals surface area contributed by atoms with Crippen LogP contribution in [-0.4, -0.2) is 4.98 Å². The highest BCUT2D eigenvalue weighted by molar-refractivity contribution is 6.23. The predicted molar refractivity (Wildman–Crippen MR) is 153 cm³/mol. The Morgan fingerprint density at radius 3 is 1.78 bits per heavy atom. The van der Waals surface area contributed by atoms with Gasteiger partial charge in [-0.3, -0.25) is 4.98 Å². The second kappa shape index (κ2) is 8.48. The molecule has 0 aliphatic heterocycles. The predicted octanol–water partition coefficient (Wildman–Crippen LogP) is 9.54. The number of aromatic nitrogens is 1. The highest BCUT2D eigenvalue weighted by Gasteiger charge is 2.20. The van der Waals surface area contributed by atoms with E-state index in [1.54, 1.807) is 0 Å². The smallest absolute Gasteiger partial charge is 0.0793 e. The Labute approximate surface area is 210 Å². The van der Waals surface area contributed by atoms with Gasteiger partial charge in [-0.15, -0.1) is 0 Å². The minimum absolute atomic E-state index is 1.03. The lowest BCUT2D eigenvalue weighted by Gasteiger charge is -2.19. The highest BCUT2D eigenvalue weighted by atomic mass is 14.7. The zero-order valence-corrected chi connectivity index (χ0v) is 19.7. The fourth-order valence-corrected chi connectivity index (χ4v) is 5.57. The minimum atomic E-state index is 1.03. The van der Waals surface area contributed by atoms with E-state index in [0.29, 0.717) is 0 Å². The molecule has 0 aliphatic rings. The van der Waals surface area contributed by atoms with Crippen molar-refractivity contribution in [2.45, 2.75) is 0 Å². The maximum Gasteiger partial charge on any atom is 0.0793 e. The fourth-order valence-electron chi connectivity index (χ4n) is 5.57. The van der Waals surface area contributed by atoms with Crippen molar-refractivity contribution in [2.75, 3.05) is 0 Å². The Bertz CT molecular complexity index is 1820. The van der Waals surface area contributed by atoms with Gasteiger partial charge in [0.25, 0.3) is 0 Å². The molecule has 7 aromatic rings. The van der Waals surface area contributed by atoms with Crippen molar-refractivity contribution < 1.29 is 0 Å². The average molecular weight is 458 g/mol. The molecule has 0 amide bonds. The quantitative estimate of drug-likeness (QED) is 0.241. The Balaban J connectivity index is 1.65. The van der Waals surface area contributed by atoms with Crippen molar-refractivity contribution in [3.63, 3.8) is 0 Å². The van der Waals surface area contributed by atoms with Crippen LogP contribution in [0, 0.1) is 0 Å². The molecular formula is C35H23N. The normalized spacial score (nSPS) is 11.3. The van der Waals surface area contributed by atoms with E-state index in [0.717, 1.165) is 5.52 Å². The average Bonchev–Trinajstić information content (AvgIpc) is 2.96. The summed E-state index contributed by atoms with van der Waals surface area (Å²) in [6, 6.07) is 47.6. The van der Waals surface area contributed by atoms with E-state index in [1.807, 2.05) is 6.20 Å². The Hall–Kier alpha value is -4.75. The number of rotatable bonds is 3. The molecule has 1 nitrogen and oxygen atoms in total. The van der Waals surface area contributed by atoms with Gasteiger partial charge in [-0.05, 0) is 55.4 Å². The molecule has 0 spiro atoms. The number of hydrogen-bond acceptors (Lipinski definition) is 1. The summed E-state index contributed by atoms with van der Waals surface area (Å²) in [5, 5.41) is 6.11. The van der Waals surface area contributed by atoms with E-state index in [-0.39, 0.29) is 0 Å². The lowest BCUT2D eigenvalue weighted by atomic mass is 9.84. The van der Waals surface area contributed by atoms with Crippen molar-refractivity contribution in [2.24, 2.45) is 0 Å². The molecule has 0 radical (unpaired) electrons. The summed E-state index contributed by atoms with van der Waals surface area (Å²) in [6.45, 7) is 0. The summed E-state index contributed by atoms with van der Waals surface area (Å²) < 4.78 is 0. The largest absolute Gasteiger partial charge is 0.256 e. The topological polar surface area (TPSA) is 12.9 Å². The van der Waals surface area contributed by atoms with Crippen LogP contribution >= 0.6 is 0 Å². The third kappa shape index (κ3) is 3.21. The molecule has 0 N–H and O–H groups in total. The SMILES string of the molecule is c1ccc(-c2ccccc2-c2c3ccccc3c(-c3cccc4ccccc34)c3ncccc23)cc1. The summed E-state index contributed by atoms with van der Waals surface area (Å²) in [4.78, 5) is 5.00. The molecule has 0 aliphatic carbocycles. The van der Waals surface area contributed by atoms with Gasteiger partial charge in [0.1, 0.15) is 0 Å². The molecule has 7 rings (SSSR count). The second-order valence-electron chi connectivity index (χ2n) is 9.13. The number of nitrogens with zero attached hydrogens (tertiary/aromatic N) is 1. The monoisotopic (exact) mass is 457 g/mol. The molecule has 168 valence electrons. The molecule has 1 heteroatoms. The van der Waals surface area contributed by atoms with Gasteiger partial charge in [0.05, 0.1) is 5.52 Å². The van der Waals surface area contributed by atoms with E-state index in [1.165, 1.54) is 60.3 Å². The van der Waals surface area contributed by atoms with Gasteiger partial charge in [0.15, 0.2) is 0 Å². The lowest BCUT2D eigenvalue weighted by molar-refractivity contribution is 1.42. The first-order valence-electron chi connectivity index (χ1n) is 12.3. The molecule has 36 heavy (non-hydrogen) atoms. The molecule has 0 bridgehead atoms. The first-order chi connectivity index (χ1) is 17.9. The molecule has 0 atom stereocenters. The molecule has 1 heterocycles. The van der Waals surface area contributed by atoms with Crippen molar-refractivity contribution >= 4 is 32.4 Å². The molecule has 0 saturated heterocycles. The number of pyridine rings is 1. The Kier molecular flexibility index (Phi) is 4.85. The fraction of sp³-hybridized carbons (Fsp3) is 0. The van der Waals surface area contributed by atoms with Crippen LogP contribution in [0.3, 0.4) is 0 Å². The van der Waals surface area contributed by atoms with E-state index < -0.39 is 0 Å². The molecule has 0 unspecified atom stereocenters. The van der Waals surface area contributed by atoms with Crippen LogP contribution in [0.1, 0.15) is 0 Å². The first kappa shape index (κ1) is 20.6. The van der Waals surface area contributed by atoms with E-state index in [9.17, 15) is 0 Å². The van der Waals surface area contributed by atoms with Crippen LogP contribution in [0.4, 0.5) is 0 Å². The van der Waals surface area contributed by atoms with Crippen molar-refractivity contribution in [1.82, 2.24) is 4.98 Å². The molecule has 0 fully saturated rings. The van der Waals surface area contributed by atoms with Gasteiger partial charge in [-0.2, -0.15) is 0 Å². The van der Waals surface area contributed by atoms with Gasteiger partial charge in [-0.1, -0.05) is 127 Å². The molecule has 0 saturated carbocycles. The highest BCUT2D eigenvalue weighted by Crippen LogP contribution is 2.46. The number of benzene rings is 6. The van der Waals surface area contributed by atoms with Crippen molar-refractivity contribution in [3.05, 3.63) is 140 Å². The van der Waals surface area contributed by atoms with Crippen LogP contribution in [0.15, 0.2) is 140 Å². The molecule has 6 aromatic carbocycles. The van der Waals surface area contributed by atoms with E-state index in [2.05, 4.69) is 133 Å². The van der Waals surface area contributed by atoms with Crippen molar-refractivity contribution in [1.29, 1.82) is 0 Å². The van der Waals surface area contributed by atoms with Crippen LogP contribution in [0.25, 0.3) is 65.8 Å². The zero-order valence-electron chi connectivity index (χ0n) is 19.7. The van der Waals surface area contributed by atoms with Crippen LogP contribution in [0.2, 0.25) is 0 Å². The lowest BCUT2D eigenvalue weighted by Crippen LogP contribution is -1.94. The van der Waals surface area contributed by atoms with E-state index in [4.69, 9.17) is 4.98 Å². The maximum absolute atomic E-state index is 5.00. The number of fused-ring (bicyclic) bond motifs is 3. The molecule has 1 aromatic heterocycles. The summed E-state index contributed by atoms with van der Waals surface area (Å²) in [5.41, 5.74) is 8.35. The van der Waals surface area contributed by atoms with Crippen molar-refractivity contribution in [3.8, 4) is 33.4 Å². The minimum Gasteiger partial charge on any atom is -0.256 e. The Morgan fingerprint density at radius 2 is 0.944 bits per heavy atom. The zero-order chi connectivity index (χ0) is 23.9. The third-order valence-electron chi connectivity index (χ3n) is 7.12. The molecular weight excluding hydrogens is 434 g/mol. The summed E-state index contributed by atoms with van der Waals surface area (Å²) in [6.07, 6.45) is 1.92.